The van der Waals surface area contributed by atoms with Crippen molar-refractivity contribution in [2.45, 2.75) is 56.4 Å². The molecule has 4 aromatic rings. The van der Waals surface area contributed by atoms with Gasteiger partial charge in [-0.25, -0.2) is 12.8 Å². The summed E-state index contributed by atoms with van der Waals surface area (Å²) in [7, 11) is -4.69. The Labute approximate surface area is 282 Å². The molecule has 48 heavy (non-hydrogen) atoms. The fourth-order valence-electron chi connectivity index (χ4n) is 4.89. The number of anilines is 1. The summed E-state index contributed by atoms with van der Waals surface area (Å²) < 4.78 is 84.0. The highest BCUT2D eigenvalue weighted by molar-refractivity contribution is 7.92. The molecule has 13 heteroatoms. The molecule has 0 radical (unpaired) electrons. The lowest BCUT2D eigenvalue weighted by Gasteiger charge is -2.34. The maximum atomic E-state index is 14.5. The number of amides is 2. The predicted molar refractivity (Wildman–Crippen MR) is 176 cm³/mol. The molecule has 0 heterocycles. The number of sulfonamides is 1. The van der Waals surface area contributed by atoms with Gasteiger partial charge in [0.1, 0.15) is 18.4 Å². The number of hydrogen-bond donors (Lipinski definition) is 1. The van der Waals surface area contributed by atoms with Crippen LogP contribution in [0.3, 0.4) is 0 Å². The number of nitrogens with zero attached hydrogens (tertiary/aromatic N) is 2. The van der Waals surface area contributed by atoms with Crippen LogP contribution in [0.1, 0.15) is 37.0 Å². The zero-order chi connectivity index (χ0) is 35.1. The summed E-state index contributed by atoms with van der Waals surface area (Å²) in [6.07, 6.45) is -4.26. The molecule has 2 amide bonds. The van der Waals surface area contributed by atoms with Gasteiger partial charge in [-0.05, 0) is 66.9 Å². The molecule has 0 fully saturated rings. The first-order valence-electron chi connectivity index (χ1n) is 15.0. The Kier molecular flexibility index (Phi) is 11.9. The van der Waals surface area contributed by atoms with Gasteiger partial charge < -0.3 is 10.2 Å². The molecule has 0 spiro atoms. The standard InChI is InChI=1S/C35H34ClF4N3O4S/c1-3-24(2)41-34(45)32(20-25-10-6-4-7-11-25)42(22-26-14-17-28(37)18-15-26)33(44)23-43(48(46,47)29-12-8-5-9-13-29)31-21-27(35(38,39)40)16-19-30(31)36/h4-19,21,24,32H,3,20,22-23H2,1-2H3,(H,41,45)/t24-,32+/m0/s1. The number of halogens is 5. The van der Waals surface area contributed by atoms with Gasteiger partial charge in [-0.1, -0.05) is 79.2 Å². The van der Waals surface area contributed by atoms with Crippen LogP contribution in [-0.4, -0.2) is 43.8 Å². The van der Waals surface area contributed by atoms with Crippen LogP contribution in [0.2, 0.25) is 5.02 Å². The Bertz CT molecular complexity index is 1810. The molecule has 2 atom stereocenters. The first kappa shape index (κ1) is 36.4. The van der Waals surface area contributed by atoms with Gasteiger partial charge in [-0.3, -0.25) is 13.9 Å². The molecule has 4 rings (SSSR count). The number of nitrogens with one attached hydrogen (secondary N) is 1. The van der Waals surface area contributed by atoms with Crippen LogP contribution in [0.4, 0.5) is 23.2 Å². The van der Waals surface area contributed by atoms with Gasteiger partial charge in [0.25, 0.3) is 10.0 Å². The van der Waals surface area contributed by atoms with Crippen molar-refractivity contribution in [3.8, 4) is 0 Å². The Balaban J connectivity index is 1.87. The van der Waals surface area contributed by atoms with E-state index in [1.54, 1.807) is 43.3 Å². The van der Waals surface area contributed by atoms with Crippen molar-refractivity contribution in [1.29, 1.82) is 0 Å². The van der Waals surface area contributed by atoms with Crippen molar-refractivity contribution >= 4 is 39.1 Å². The minimum absolute atomic E-state index is 0.0196. The van der Waals surface area contributed by atoms with E-state index in [1.165, 1.54) is 48.5 Å². The lowest BCUT2D eigenvalue weighted by atomic mass is 10.0. The quantitative estimate of drug-likeness (QED) is 0.149. The highest BCUT2D eigenvalue weighted by Gasteiger charge is 2.37. The van der Waals surface area contributed by atoms with Crippen LogP contribution in [0.25, 0.3) is 0 Å². The third-order valence-corrected chi connectivity index (χ3v) is 9.78. The molecule has 4 aromatic carbocycles. The zero-order valence-electron chi connectivity index (χ0n) is 26.1. The molecule has 7 nitrogen and oxygen atoms in total. The molecule has 0 unspecified atom stereocenters. The van der Waals surface area contributed by atoms with Crippen LogP contribution in [0.15, 0.2) is 108 Å². The SMILES string of the molecule is CC[C@H](C)NC(=O)[C@@H](Cc1ccccc1)N(Cc1ccc(F)cc1)C(=O)CN(c1cc(C(F)(F)F)ccc1Cl)S(=O)(=O)c1ccccc1. The van der Waals surface area contributed by atoms with Gasteiger partial charge in [0.15, 0.2) is 0 Å². The molecule has 0 bridgehead atoms. The van der Waals surface area contributed by atoms with E-state index in [0.717, 1.165) is 11.0 Å². The zero-order valence-corrected chi connectivity index (χ0v) is 27.7. The van der Waals surface area contributed by atoms with Crippen molar-refractivity contribution in [2.75, 3.05) is 10.8 Å². The molecule has 0 aliphatic heterocycles. The summed E-state index contributed by atoms with van der Waals surface area (Å²) >= 11 is 6.34. The minimum Gasteiger partial charge on any atom is -0.352 e. The fourth-order valence-corrected chi connectivity index (χ4v) is 6.61. The van der Waals surface area contributed by atoms with Gasteiger partial charge in [0, 0.05) is 19.0 Å². The van der Waals surface area contributed by atoms with Crippen LogP contribution >= 0.6 is 11.6 Å². The molecule has 0 aliphatic carbocycles. The lowest BCUT2D eigenvalue weighted by Crippen LogP contribution is -2.54. The summed E-state index contributed by atoms with van der Waals surface area (Å²) in [6, 6.07) is 21.6. The molecule has 0 aliphatic rings. The molecule has 0 saturated carbocycles. The second kappa shape index (κ2) is 15.7. The molecular weight excluding hydrogens is 670 g/mol. The van der Waals surface area contributed by atoms with Gasteiger partial charge >= 0.3 is 6.18 Å². The summed E-state index contributed by atoms with van der Waals surface area (Å²) in [5.74, 6) is -1.97. The van der Waals surface area contributed by atoms with Crippen molar-refractivity contribution in [3.05, 3.63) is 131 Å². The molecule has 1 N–H and O–H groups in total. The van der Waals surface area contributed by atoms with Crippen LogP contribution in [0.5, 0.6) is 0 Å². The Morgan fingerprint density at radius 3 is 2.06 bits per heavy atom. The fraction of sp³-hybridized carbons (Fsp3) is 0.257. The second-order valence-electron chi connectivity index (χ2n) is 11.2. The Morgan fingerprint density at radius 2 is 1.48 bits per heavy atom. The van der Waals surface area contributed by atoms with E-state index in [-0.39, 0.29) is 28.9 Å². The van der Waals surface area contributed by atoms with E-state index >= 15 is 0 Å². The third kappa shape index (κ3) is 9.13. The first-order valence-corrected chi connectivity index (χ1v) is 16.8. The average molecular weight is 704 g/mol. The highest BCUT2D eigenvalue weighted by atomic mass is 35.5. The van der Waals surface area contributed by atoms with Gasteiger partial charge in [-0.15, -0.1) is 0 Å². The molecule has 254 valence electrons. The van der Waals surface area contributed by atoms with E-state index in [9.17, 15) is 35.6 Å². The third-order valence-electron chi connectivity index (χ3n) is 7.69. The summed E-state index contributed by atoms with van der Waals surface area (Å²) in [6.45, 7) is 2.39. The summed E-state index contributed by atoms with van der Waals surface area (Å²) in [5, 5.41) is 2.53. The summed E-state index contributed by atoms with van der Waals surface area (Å²) in [4.78, 5) is 29.2. The summed E-state index contributed by atoms with van der Waals surface area (Å²) in [5.41, 5.74) is -0.642. The van der Waals surface area contributed by atoms with Gasteiger partial charge in [0.05, 0.1) is 21.2 Å². The van der Waals surface area contributed by atoms with E-state index in [0.29, 0.717) is 34.0 Å². The number of alkyl halides is 3. The normalized spacial score (nSPS) is 13.0. The van der Waals surface area contributed by atoms with Crippen LogP contribution in [-0.2, 0) is 38.8 Å². The van der Waals surface area contributed by atoms with Crippen molar-refractivity contribution in [3.63, 3.8) is 0 Å². The number of carbonyl (C=O) groups is 2. The predicted octanol–water partition coefficient (Wildman–Crippen LogP) is 7.25. The number of hydrogen-bond acceptors (Lipinski definition) is 4. The Morgan fingerprint density at radius 1 is 0.875 bits per heavy atom. The smallest absolute Gasteiger partial charge is 0.352 e. The molecular formula is C35H34ClF4N3O4S. The maximum absolute atomic E-state index is 14.5. The first-order chi connectivity index (χ1) is 22.7. The Hall–Kier alpha value is -4.42. The number of rotatable bonds is 13. The van der Waals surface area contributed by atoms with Gasteiger partial charge in [0.2, 0.25) is 11.8 Å². The van der Waals surface area contributed by atoms with Gasteiger partial charge in [-0.2, -0.15) is 13.2 Å². The average Bonchev–Trinajstić information content (AvgIpc) is 3.06. The van der Waals surface area contributed by atoms with E-state index < -0.39 is 57.7 Å². The van der Waals surface area contributed by atoms with E-state index in [2.05, 4.69) is 5.32 Å². The largest absolute Gasteiger partial charge is 0.416 e. The molecule has 0 aromatic heterocycles. The number of benzene rings is 4. The maximum Gasteiger partial charge on any atom is 0.416 e. The highest BCUT2D eigenvalue weighted by Crippen LogP contribution is 2.37. The van der Waals surface area contributed by atoms with Crippen molar-refractivity contribution < 1.29 is 35.6 Å². The van der Waals surface area contributed by atoms with Crippen LogP contribution in [0, 0.1) is 5.82 Å². The van der Waals surface area contributed by atoms with Crippen molar-refractivity contribution in [1.82, 2.24) is 10.2 Å². The second-order valence-corrected chi connectivity index (χ2v) is 13.4. The van der Waals surface area contributed by atoms with E-state index in [4.69, 9.17) is 11.6 Å². The number of carbonyl (C=O) groups excluding carboxylic acids is 2. The minimum atomic E-state index is -4.85. The topological polar surface area (TPSA) is 86.8 Å². The molecule has 0 saturated heterocycles. The van der Waals surface area contributed by atoms with Crippen molar-refractivity contribution in [2.24, 2.45) is 0 Å². The monoisotopic (exact) mass is 703 g/mol. The van der Waals surface area contributed by atoms with E-state index in [1.807, 2.05) is 6.92 Å². The van der Waals surface area contributed by atoms with Crippen LogP contribution < -0.4 is 9.62 Å². The lowest BCUT2D eigenvalue weighted by molar-refractivity contribution is -0.140.